The molecule has 1 heterocycles. The molecule has 0 spiro atoms. The zero-order chi connectivity index (χ0) is 15.1. The predicted molar refractivity (Wildman–Crippen MR) is 85.3 cm³/mol. The number of nitrogens with one attached hydrogen (secondary N) is 2. The predicted octanol–water partition coefficient (Wildman–Crippen LogP) is 2.81. The number of anilines is 1. The molecule has 2 atom stereocenters. The van der Waals surface area contributed by atoms with E-state index >= 15 is 0 Å². The van der Waals surface area contributed by atoms with Crippen LogP contribution in [0.2, 0.25) is 0 Å². The Kier molecular flexibility index (Phi) is 6.21. The number of para-hydroxylation sites is 1. The fourth-order valence-corrected chi connectivity index (χ4v) is 2.82. The van der Waals surface area contributed by atoms with Gasteiger partial charge in [-0.2, -0.15) is 0 Å². The number of benzene rings is 1. The fourth-order valence-electron chi connectivity index (χ4n) is 2.82. The van der Waals surface area contributed by atoms with Gasteiger partial charge >= 0.3 is 0 Å². The summed E-state index contributed by atoms with van der Waals surface area (Å²) in [7, 11) is 0. The van der Waals surface area contributed by atoms with Crippen LogP contribution in [0.5, 0.6) is 0 Å². The smallest absolute Gasteiger partial charge is 0.241 e. The lowest BCUT2D eigenvalue weighted by Gasteiger charge is -2.27. The molecule has 116 valence electrons. The molecule has 1 aromatic rings. The van der Waals surface area contributed by atoms with Crippen LogP contribution in [0.4, 0.5) is 5.69 Å². The lowest BCUT2D eigenvalue weighted by Crippen LogP contribution is -2.43. The Morgan fingerprint density at radius 2 is 1.90 bits per heavy atom. The molecule has 1 saturated heterocycles. The zero-order valence-electron chi connectivity index (χ0n) is 13.0. The molecule has 1 aliphatic rings. The molecule has 4 nitrogen and oxygen atoms in total. The summed E-state index contributed by atoms with van der Waals surface area (Å²) in [6.45, 7) is 5.82. The van der Waals surface area contributed by atoms with Crippen LogP contribution in [0.3, 0.4) is 0 Å². The quantitative estimate of drug-likeness (QED) is 0.847. The van der Waals surface area contributed by atoms with Gasteiger partial charge in [-0.25, -0.2) is 0 Å². The maximum absolute atomic E-state index is 12.1. The number of ether oxygens (including phenoxy) is 1. The van der Waals surface area contributed by atoms with Crippen molar-refractivity contribution in [2.45, 2.75) is 45.2 Å². The second kappa shape index (κ2) is 8.15. The SMILES string of the molecule is CC(CC1CCOCC1)NC(C)C(=O)Nc1ccccc1. The molecule has 0 aliphatic carbocycles. The lowest BCUT2D eigenvalue weighted by atomic mass is 9.93. The molecule has 0 bridgehead atoms. The van der Waals surface area contributed by atoms with E-state index in [2.05, 4.69) is 17.6 Å². The Morgan fingerprint density at radius 3 is 2.57 bits per heavy atom. The molecule has 0 saturated carbocycles. The molecular weight excluding hydrogens is 264 g/mol. The molecule has 21 heavy (non-hydrogen) atoms. The summed E-state index contributed by atoms with van der Waals surface area (Å²) in [6, 6.07) is 9.72. The van der Waals surface area contributed by atoms with Gasteiger partial charge in [0.05, 0.1) is 6.04 Å². The van der Waals surface area contributed by atoms with Crippen molar-refractivity contribution in [1.82, 2.24) is 5.32 Å². The van der Waals surface area contributed by atoms with E-state index in [9.17, 15) is 4.79 Å². The maximum atomic E-state index is 12.1. The van der Waals surface area contributed by atoms with Gasteiger partial charge in [0.25, 0.3) is 0 Å². The number of hydrogen-bond donors (Lipinski definition) is 2. The molecule has 0 radical (unpaired) electrons. The van der Waals surface area contributed by atoms with Gasteiger partial charge in [-0.15, -0.1) is 0 Å². The summed E-state index contributed by atoms with van der Waals surface area (Å²) in [4.78, 5) is 12.1. The highest BCUT2D eigenvalue weighted by atomic mass is 16.5. The van der Waals surface area contributed by atoms with Gasteiger partial charge in [0.15, 0.2) is 0 Å². The van der Waals surface area contributed by atoms with E-state index in [0.717, 1.165) is 38.2 Å². The van der Waals surface area contributed by atoms with Crippen molar-refractivity contribution in [3.05, 3.63) is 30.3 Å². The molecule has 0 aromatic heterocycles. The van der Waals surface area contributed by atoms with Crippen molar-refractivity contribution < 1.29 is 9.53 Å². The summed E-state index contributed by atoms with van der Waals surface area (Å²) in [5.41, 5.74) is 0.841. The van der Waals surface area contributed by atoms with Crippen molar-refractivity contribution >= 4 is 11.6 Å². The van der Waals surface area contributed by atoms with Gasteiger partial charge < -0.3 is 15.4 Å². The molecule has 1 aliphatic heterocycles. The largest absolute Gasteiger partial charge is 0.381 e. The van der Waals surface area contributed by atoms with Crippen molar-refractivity contribution in [2.24, 2.45) is 5.92 Å². The second-order valence-electron chi connectivity index (χ2n) is 5.94. The van der Waals surface area contributed by atoms with E-state index < -0.39 is 0 Å². The number of carbonyl (C=O) groups is 1. The first-order chi connectivity index (χ1) is 10.1. The molecule has 2 unspecified atom stereocenters. The maximum Gasteiger partial charge on any atom is 0.241 e. The Balaban J connectivity index is 1.74. The van der Waals surface area contributed by atoms with Gasteiger partial charge in [0, 0.05) is 24.9 Å². The van der Waals surface area contributed by atoms with Gasteiger partial charge in [-0.1, -0.05) is 18.2 Å². The van der Waals surface area contributed by atoms with Gasteiger partial charge in [-0.05, 0) is 51.2 Å². The van der Waals surface area contributed by atoms with Crippen LogP contribution >= 0.6 is 0 Å². The van der Waals surface area contributed by atoms with Crippen molar-refractivity contribution in [1.29, 1.82) is 0 Å². The van der Waals surface area contributed by atoms with Crippen LogP contribution in [0.25, 0.3) is 0 Å². The van der Waals surface area contributed by atoms with Crippen LogP contribution in [0.1, 0.15) is 33.1 Å². The molecule has 1 aromatic carbocycles. The zero-order valence-corrected chi connectivity index (χ0v) is 13.0. The Labute approximate surface area is 127 Å². The molecule has 1 amide bonds. The average molecular weight is 290 g/mol. The first-order valence-electron chi connectivity index (χ1n) is 7.85. The average Bonchev–Trinajstić information content (AvgIpc) is 2.49. The summed E-state index contributed by atoms with van der Waals surface area (Å²) in [5, 5.41) is 6.32. The van der Waals surface area contributed by atoms with Gasteiger partial charge in [-0.3, -0.25) is 4.79 Å². The highest BCUT2D eigenvalue weighted by Crippen LogP contribution is 2.20. The van der Waals surface area contributed by atoms with Gasteiger partial charge in [0.1, 0.15) is 0 Å². The highest BCUT2D eigenvalue weighted by molar-refractivity contribution is 5.94. The molecule has 2 rings (SSSR count). The van der Waals surface area contributed by atoms with Crippen molar-refractivity contribution in [3.63, 3.8) is 0 Å². The van der Waals surface area contributed by atoms with E-state index in [1.165, 1.54) is 0 Å². The van der Waals surface area contributed by atoms with E-state index in [1.807, 2.05) is 37.3 Å². The third-order valence-corrected chi connectivity index (χ3v) is 4.00. The Bertz CT molecular complexity index is 430. The highest BCUT2D eigenvalue weighted by Gasteiger charge is 2.20. The summed E-state index contributed by atoms with van der Waals surface area (Å²) in [6.07, 6.45) is 3.37. The van der Waals surface area contributed by atoms with Crippen molar-refractivity contribution in [3.8, 4) is 0 Å². The minimum Gasteiger partial charge on any atom is -0.381 e. The van der Waals surface area contributed by atoms with E-state index in [1.54, 1.807) is 0 Å². The van der Waals surface area contributed by atoms with E-state index in [0.29, 0.717) is 12.0 Å². The first kappa shape index (κ1) is 16.0. The molecule has 1 fully saturated rings. The third-order valence-electron chi connectivity index (χ3n) is 4.00. The lowest BCUT2D eigenvalue weighted by molar-refractivity contribution is -0.118. The minimum absolute atomic E-state index is 0.0139. The summed E-state index contributed by atoms with van der Waals surface area (Å²) < 4.78 is 5.38. The van der Waals surface area contributed by atoms with Crippen LogP contribution in [-0.4, -0.2) is 31.2 Å². The Hall–Kier alpha value is -1.39. The minimum atomic E-state index is -0.194. The van der Waals surface area contributed by atoms with Crippen LogP contribution < -0.4 is 10.6 Å². The molecule has 4 heteroatoms. The van der Waals surface area contributed by atoms with Crippen molar-refractivity contribution in [2.75, 3.05) is 18.5 Å². The van der Waals surface area contributed by atoms with Crippen LogP contribution in [-0.2, 0) is 9.53 Å². The summed E-state index contributed by atoms with van der Waals surface area (Å²) in [5.74, 6) is 0.727. The number of hydrogen-bond acceptors (Lipinski definition) is 3. The van der Waals surface area contributed by atoms with Crippen LogP contribution in [0.15, 0.2) is 30.3 Å². The summed E-state index contributed by atoms with van der Waals surface area (Å²) >= 11 is 0. The standard InChI is InChI=1S/C17H26N2O2/c1-13(12-15-8-10-21-11-9-15)18-14(2)17(20)19-16-6-4-3-5-7-16/h3-7,13-15,18H,8-12H2,1-2H3,(H,19,20). The fraction of sp³-hybridized carbons (Fsp3) is 0.588. The third kappa shape index (κ3) is 5.48. The molecule has 2 N–H and O–H groups in total. The van der Waals surface area contributed by atoms with Gasteiger partial charge in [0.2, 0.25) is 5.91 Å². The second-order valence-corrected chi connectivity index (χ2v) is 5.94. The molecular formula is C17H26N2O2. The normalized spacial score (nSPS) is 19.0. The number of carbonyl (C=O) groups excluding carboxylic acids is 1. The first-order valence-corrected chi connectivity index (χ1v) is 7.85. The Morgan fingerprint density at radius 1 is 1.24 bits per heavy atom. The van der Waals surface area contributed by atoms with Crippen LogP contribution in [0, 0.1) is 5.92 Å². The number of rotatable bonds is 6. The topological polar surface area (TPSA) is 50.4 Å². The van der Waals surface area contributed by atoms with E-state index in [4.69, 9.17) is 4.74 Å². The monoisotopic (exact) mass is 290 g/mol. The number of amides is 1. The van der Waals surface area contributed by atoms with E-state index in [-0.39, 0.29) is 11.9 Å².